The molecule has 1 saturated carbocycles. The molecule has 3 nitrogen and oxygen atoms in total. The van der Waals surface area contributed by atoms with E-state index in [1.54, 1.807) is 0 Å². The van der Waals surface area contributed by atoms with E-state index in [0.717, 1.165) is 18.5 Å². The standard InChI is InChI=1S/C15H17NO2/c17-15(16-14-9-5-2-6-10-14)18-12-11-13-7-3-1-4-8-13/h2,5-6,9-10,12H,1,3-4,7-8H2,(H,16,17). The molecule has 0 saturated heterocycles. The molecular weight excluding hydrogens is 226 g/mol. The third-order valence-corrected chi connectivity index (χ3v) is 2.91. The summed E-state index contributed by atoms with van der Waals surface area (Å²) in [6, 6.07) is 9.23. The normalized spacial score (nSPS) is 14.6. The molecule has 1 aromatic carbocycles. The first-order valence-corrected chi connectivity index (χ1v) is 6.30. The van der Waals surface area contributed by atoms with E-state index in [2.05, 4.69) is 11.0 Å². The van der Waals surface area contributed by atoms with E-state index in [1.165, 1.54) is 31.1 Å². The predicted molar refractivity (Wildman–Crippen MR) is 71.2 cm³/mol. The van der Waals surface area contributed by atoms with Crippen molar-refractivity contribution in [1.82, 2.24) is 0 Å². The van der Waals surface area contributed by atoms with Gasteiger partial charge in [-0.05, 0) is 43.4 Å². The second kappa shape index (κ2) is 6.67. The molecule has 1 fully saturated rings. The number of carbonyl (C=O) groups is 1. The lowest BCUT2D eigenvalue weighted by Crippen LogP contribution is -2.10. The van der Waals surface area contributed by atoms with E-state index in [1.807, 2.05) is 30.3 Å². The molecule has 0 aromatic heterocycles. The van der Waals surface area contributed by atoms with E-state index in [0.29, 0.717) is 0 Å². The topological polar surface area (TPSA) is 38.3 Å². The maximum atomic E-state index is 11.4. The van der Waals surface area contributed by atoms with Gasteiger partial charge in [0.2, 0.25) is 0 Å². The number of nitrogens with one attached hydrogen (secondary N) is 1. The van der Waals surface area contributed by atoms with Gasteiger partial charge in [0.05, 0.1) is 0 Å². The molecule has 0 aliphatic heterocycles. The molecule has 2 rings (SSSR count). The molecule has 0 bridgehead atoms. The van der Waals surface area contributed by atoms with E-state index >= 15 is 0 Å². The van der Waals surface area contributed by atoms with E-state index in [9.17, 15) is 4.79 Å². The quantitative estimate of drug-likeness (QED) is 0.623. The van der Waals surface area contributed by atoms with Crippen LogP contribution in [-0.4, -0.2) is 6.09 Å². The number of anilines is 1. The Bertz CT molecular complexity index is 451. The molecule has 1 aliphatic carbocycles. The Labute approximate surface area is 107 Å². The second-order valence-electron chi connectivity index (χ2n) is 4.32. The Morgan fingerprint density at radius 1 is 1.17 bits per heavy atom. The SMILES string of the molecule is O=C(Nc1ccccc1)OC=C=C1CCCCC1. The lowest BCUT2D eigenvalue weighted by molar-refractivity contribution is 0.201. The zero-order chi connectivity index (χ0) is 12.6. The van der Waals surface area contributed by atoms with Crippen molar-refractivity contribution in [2.24, 2.45) is 0 Å². The van der Waals surface area contributed by atoms with Gasteiger partial charge in [-0.15, -0.1) is 0 Å². The average Bonchev–Trinajstić information content (AvgIpc) is 2.41. The highest BCUT2D eigenvalue weighted by Crippen LogP contribution is 2.21. The van der Waals surface area contributed by atoms with Gasteiger partial charge < -0.3 is 4.74 Å². The summed E-state index contributed by atoms with van der Waals surface area (Å²) in [7, 11) is 0. The fraction of sp³-hybridized carbons (Fsp3) is 0.333. The van der Waals surface area contributed by atoms with Crippen molar-refractivity contribution in [3.63, 3.8) is 0 Å². The minimum atomic E-state index is -0.481. The number of rotatable bonds is 2. The van der Waals surface area contributed by atoms with Crippen LogP contribution in [0.4, 0.5) is 10.5 Å². The summed E-state index contributed by atoms with van der Waals surface area (Å²) in [5.41, 5.74) is 5.01. The van der Waals surface area contributed by atoms with Crippen molar-refractivity contribution in [3.8, 4) is 0 Å². The number of hydrogen-bond acceptors (Lipinski definition) is 2. The van der Waals surface area contributed by atoms with Gasteiger partial charge in [0, 0.05) is 5.69 Å². The molecule has 0 atom stereocenters. The highest BCUT2D eigenvalue weighted by molar-refractivity contribution is 5.84. The van der Waals surface area contributed by atoms with Gasteiger partial charge in [-0.1, -0.05) is 30.4 Å². The molecule has 0 unspecified atom stereocenters. The zero-order valence-electron chi connectivity index (χ0n) is 10.3. The summed E-state index contributed by atoms with van der Waals surface area (Å²) in [6.45, 7) is 0. The molecule has 0 spiro atoms. The minimum absolute atomic E-state index is 0.481. The molecule has 18 heavy (non-hydrogen) atoms. The summed E-state index contributed by atoms with van der Waals surface area (Å²) >= 11 is 0. The van der Waals surface area contributed by atoms with Crippen molar-refractivity contribution in [2.75, 3.05) is 5.32 Å². The summed E-state index contributed by atoms with van der Waals surface area (Å²) in [5, 5.41) is 2.64. The summed E-state index contributed by atoms with van der Waals surface area (Å²) < 4.78 is 4.94. The Morgan fingerprint density at radius 3 is 2.61 bits per heavy atom. The second-order valence-corrected chi connectivity index (χ2v) is 4.32. The Balaban J connectivity index is 1.83. The van der Waals surface area contributed by atoms with Crippen LogP contribution in [0.25, 0.3) is 0 Å². The van der Waals surface area contributed by atoms with Crippen LogP contribution >= 0.6 is 0 Å². The van der Waals surface area contributed by atoms with Crippen molar-refractivity contribution < 1.29 is 9.53 Å². The van der Waals surface area contributed by atoms with Crippen molar-refractivity contribution in [2.45, 2.75) is 32.1 Å². The van der Waals surface area contributed by atoms with E-state index in [4.69, 9.17) is 4.74 Å². The van der Waals surface area contributed by atoms with Crippen LogP contribution in [0.2, 0.25) is 0 Å². The van der Waals surface area contributed by atoms with E-state index in [-0.39, 0.29) is 0 Å². The molecule has 1 amide bonds. The van der Waals surface area contributed by atoms with Crippen LogP contribution in [0, 0.1) is 0 Å². The molecular formula is C15H17NO2. The molecule has 0 heterocycles. The maximum Gasteiger partial charge on any atom is 0.417 e. The largest absolute Gasteiger partial charge is 0.417 e. The summed E-state index contributed by atoms with van der Waals surface area (Å²) in [5.74, 6) is 0. The monoisotopic (exact) mass is 243 g/mol. The first-order chi connectivity index (χ1) is 8.84. The molecule has 0 radical (unpaired) electrons. The van der Waals surface area contributed by atoms with Crippen LogP contribution in [0.3, 0.4) is 0 Å². The number of amides is 1. The minimum Gasteiger partial charge on any atom is -0.410 e. The first-order valence-electron chi connectivity index (χ1n) is 6.30. The summed E-state index contributed by atoms with van der Waals surface area (Å²) in [6.07, 6.45) is 6.74. The van der Waals surface area contributed by atoms with Crippen molar-refractivity contribution >= 4 is 11.8 Å². The molecule has 1 N–H and O–H groups in total. The Hall–Kier alpha value is -1.99. The first kappa shape index (κ1) is 12.5. The van der Waals surface area contributed by atoms with Crippen LogP contribution in [-0.2, 0) is 4.74 Å². The van der Waals surface area contributed by atoms with Gasteiger partial charge in [0.1, 0.15) is 6.26 Å². The number of ether oxygens (including phenoxy) is 1. The number of carbonyl (C=O) groups excluding carboxylic acids is 1. The Morgan fingerprint density at radius 2 is 1.89 bits per heavy atom. The van der Waals surface area contributed by atoms with Crippen molar-refractivity contribution in [1.29, 1.82) is 0 Å². The highest BCUT2D eigenvalue weighted by Gasteiger charge is 2.04. The van der Waals surface area contributed by atoms with Gasteiger partial charge in [-0.25, -0.2) is 4.79 Å². The lowest BCUT2D eigenvalue weighted by atomic mass is 9.96. The Kier molecular flexibility index (Phi) is 4.62. The molecule has 94 valence electrons. The van der Waals surface area contributed by atoms with Gasteiger partial charge in [0.25, 0.3) is 0 Å². The highest BCUT2D eigenvalue weighted by atomic mass is 16.5. The number of allylic oxidation sites excluding steroid dienone is 1. The number of benzene rings is 1. The van der Waals surface area contributed by atoms with Crippen LogP contribution in [0.5, 0.6) is 0 Å². The van der Waals surface area contributed by atoms with E-state index < -0.39 is 6.09 Å². The van der Waals surface area contributed by atoms with Gasteiger partial charge in [-0.3, -0.25) is 5.32 Å². The fourth-order valence-corrected chi connectivity index (χ4v) is 1.96. The lowest BCUT2D eigenvalue weighted by Gasteiger charge is -2.10. The van der Waals surface area contributed by atoms with Gasteiger partial charge in [-0.2, -0.15) is 0 Å². The van der Waals surface area contributed by atoms with Gasteiger partial charge >= 0.3 is 6.09 Å². The third kappa shape index (κ3) is 4.11. The number of hydrogen-bond donors (Lipinski definition) is 1. The maximum absolute atomic E-state index is 11.4. The predicted octanol–water partition coefficient (Wildman–Crippen LogP) is 4.24. The van der Waals surface area contributed by atoms with Crippen LogP contribution < -0.4 is 5.32 Å². The fourth-order valence-electron chi connectivity index (χ4n) is 1.96. The molecule has 1 aliphatic rings. The summed E-state index contributed by atoms with van der Waals surface area (Å²) in [4.78, 5) is 11.4. The average molecular weight is 243 g/mol. The van der Waals surface area contributed by atoms with Crippen molar-refractivity contribution in [3.05, 3.63) is 47.9 Å². The third-order valence-electron chi connectivity index (χ3n) is 2.91. The smallest absolute Gasteiger partial charge is 0.410 e. The zero-order valence-corrected chi connectivity index (χ0v) is 10.3. The van der Waals surface area contributed by atoms with Gasteiger partial charge in [0.15, 0.2) is 0 Å². The van der Waals surface area contributed by atoms with Crippen LogP contribution in [0.1, 0.15) is 32.1 Å². The molecule has 1 aromatic rings. The molecule has 3 heteroatoms. The van der Waals surface area contributed by atoms with Crippen LogP contribution in [0.15, 0.2) is 47.9 Å². The number of para-hydroxylation sites is 1.